The van der Waals surface area contributed by atoms with Gasteiger partial charge in [-0.15, -0.1) is 0 Å². The molecule has 3 nitrogen and oxygen atoms in total. The van der Waals surface area contributed by atoms with Crippen LogP contribution in [0.2, 0.25) is 5.02 Å². The minimum Gasteiger partial charge on any atom is -0.493 e. The van der Waals surface area contributed by atoms with Gasteiger partial charge in [0.25, 0.3) is 0 Å². The van der Waals surface area contributed by atoms with Crippen LogP contribution >= 0.6 is 11.6 Å². The van der Waals surface area contributed by atoms with Crippen molar-refractivity contribution < 1.29 is 9.15 Å². The monoisotopic (exact) mass is 266 g/mol. The second-order valence-corrected chi connectivity index (χ2v) is 4.62. The van der Waals surface area contributed by atoms with Gasteiger partial charge in [-0.2, -0.15) is 0 Å². The van der Waals surface area contributed by atoms with Gasteiger partial charge in [0.2, 0.25) is 0 Å². The average molecular weight is 267 g/mol. The van der Waals surface area contributed by atoms with E-state index in [-0.39, 0.29) is 5.02 Å². The van der Waals surface area contributed by atoms with Gasteiger partial charge >= 0.3 is 5.63 Å². The zero-order valence-corrected chi connectivity index (χ0v) is 11.4. The largest absolute Gasteiger partial charge is 0.493 e. The van der Waals surface area contributed by atoms with Crippen LogP contribution in [0.1, 0.15) is 24.5 Å². The highest BCUT2D eigenvalue weighted by molar-refractivity contribution is 6.31. The van der Waals surface area contributed by atoms with Crippen LogP contribution in [0.15, 0.2) is 21.3 Å². The molecule has 18 heavy (non-hydrogen) atoms. The summed E-state index contributed by atoms with van der Waals surface area (Å²) in [5.74, 6) is 0.745. The molecular formula is C14H15ClO3. The Bertz CT molecular complexity index is 644. The van der Waals surface area contributed by atoms with Crippen LogP contribution in [-0.2, 0) is 0 Å². The molecule has 0 N–H and O–H groups in total. The van der Waals surface area contributed by atoms with Gasteiger partial charge in [-0.05, 0) is 38.0 Å². The number of benzene rings is 1. The number of rotatable bonds is 3. The minimum absolute atomic E-state index is 0.143. The zero-order chi connectivity index (χ0) is 13.3. The minimum atomic E-state index is -0.502. The molecular weight excluding hydrogens is 252 g/mol. The van der Waals surface area contributed by atoms with E-state index in [1.807, 2.05) is 32.9 Å². The molecule has 1 aromatic heterocycles. The van der Waals surface area contributed by atoms with Crippen molar-refractivity contribution in [1.82, 2.24) is 0 Å². The van der Waals surface area contributed by atoms with Crippen LogP contribution in [0.25, 0.3) is 11.0 Å². The molecule has 1 aromatic carbocycles. The summed E-state index contributed by atoms with van der Waals surface area (Å²) in [7, 11) is 0. The maximum absolute atomic E-state index is 11.6. The molecule has 0 saturated carbocycles. The van der Waals surface area contributed by atoms with E-state index in [1.165, 1.54) is 0 Å². The molecule has 0 fully saturated rings. The molecule has 0 amide bonds. The van der Waals surface area contributed by atoms with Gasteiger partial charge in [0.05, 0.1) is 6.61 Å². The first-order valence-electron chi connectivity index (χ1n) is 5.91. The average Bonchev–Trinajstić information content (AvgIpc) is 2.36. The van der Waals surface area contributed by atoms with Crippen molar-refractivity contribution in [2.75, 3.05) is 6.61 Å². The summed E-state index contributed by atoms with van der Waals surface area (Å²) in [6, 6.07) is 3.76. The van der Waals surface area contributed by atoms with E-state index in [2.05, 4.69) is 0 Å². The third-order valence-electron chi connectivity index (χ3n) is 2.93. The Morgan fingerprint density at radius 3 is 2.67 bits per heavy atom. The maximum Gasteiger partial charge on any atom is 0.355 e. The van der Waals surface area contributed by atoms with Crippen LogP contribution in [0.3, 0.4) is 0 Å². The number of hydrogen-bond donors (Lipinski definition) is 0. The number of hydrogen-bond acceptors (Lipinski definition) is 3. The van der Waals surface area contributed by atoms with Crippen LogP contribution < -0.4 is 10.4 Å². The Labute approximate surface area is 110 Å². The lowest BCUT2D eigenvalue weighted by molar-refractivity contribution is 0.315. The van der Waals surface area contributed by atoms with Gasteiger partial charge in [0.1, 0.15) is 16.4 Å². The molecule has 0 radical (unpaired) electrons. The third kappa shape index (κ3) is 2.10. The summed E-state index contributed by atoms with van der Waals surface area (Å²) in [5.41, 5.74) is 1.62. The highest BCUT2D eigenvalue weighted by Crippen LogP contribution is 2.30. The number of halogens is 1. The van der Waals surface area contributed by atoms with E-state index in [0.717, 1.165) is 28.7 Å². The fraction of sp³-hybridized carbons (Fsp3) is 0.357. The van der Waals surface area contributed by atoms with Crippen molar-refractivity contribution >= 4 is 22.6 Å². The predicted molar refractivity (Wildman–Crippen MR) is 72.8 cm³/mol. The summed E-state index contributed by atoms with van der Waals surface area (Å²) >= 11 is 5.89. The first kappa shape index (κ1) is 13.0. The second kappa shape index (κ2) is 5.02. The van der Waals surface area contributed by atoms with Crippen molar-refractivity contribution in [3.8, 4) is 5.75 Å². The van der Waals surface area contributed by atoms with Gasteiger partial charge in [-0.25, -0.2) is 4.79 Å². The van der Waals surface area contributed by atoms with E-state index in [4.69, 9.17) is 20.8 Å². The second-order valence-electron chi connectivity index (χ2n) is 4.24. The van der Waals surface area contributed by atoms with Crippen LogP contribution in [0.5, 0.6) is 5.75 Å². The molecule has 1 heterocycles. The molecule has 4 heteroatoms. The van der Waals surface area contributed by atoms with Gasteiger partial charge in [0, 0.05) is 10.9 Å². The summed E-state index contributed by atoms with van der Waals surface area (Å²) in [6.07, 6.45) is 0.932. The van der Waals surface area contributed by atoms with Crippen LogP contribution in [-0.4, -0.2) is 6.61 Å². The van der Waals surface area contributed by atoms with Crippen molar-refractivity contribution in [2.45, 2.75) is 27.2 Å². The van der Waals surface area contributed by atoms with Crippen molar-refractivity contribution in [3.05, 3.63) is 38.7 Å². The fourth-order valence-electron chi connectivity index (χ4n) is 1.88. The van der Waals surface area contributed by atoms with Gasteiger partial charge in [-0.1, -0.05) is 18.5 Å². The van der Waals surface area contributed by atoms with E-state index in [1.54, 1.807) is 0 Å². The van der Waals surface area contributed by atoms with E-state index in [0.29, 0.717) is 12.2 Å². The summed E-state index contributed by atoms with van der Waals surface area (Å²) in [4.78, 5) is 11.6. The first-order valence-corrected chi connectivity index (χ1v) is 6.29. The third-order valence-corrected chi connectivity index (χ3v) is 3.36. The van der Waals surface area contributed by atoms with Crippen molar-refractivity contribution in [2.24, 2.45) is 0 Å². The van der Waals surface area contributed by atoms with Crippen LogP contribution in [0.4, 0.5) is 0 Å². The number of fused-ring (bicyclic) bond motifs is 1. The van der Waals surface area contributed by atoms with Gasteiger partial charge < -0.3 is 9.15 Å². The summed E-state index contributed by atoms with van der Waals surface area (Å²) in [5, 5.41) is 0.991. The Morgan fingerprint density at radius 1 is 1.28 bits per heavy atom. The molecule has 0 aliphatic heterocycles. The Kier molecular flexibility index (Phi) is 3.62. The Morgan fingerprint density at radius 2 is 2.00 bits per heavy atom. The molecule has 0 aliphatic rings. The van der Waals surface area contributed by atoms with E-state index >= 15 is 0 Å². The first-order chi connectivity index (χ1) is 8.56. The molecule has 0 bridgehead atoms. The highest BCUT2D eigenvalue weighted by Gasteiger charge is 2.13. The predicted octanol–water partition coefficient (Wildman–Crippen LogP) is 3.85. The Balaban J connectivity index is 2.68. The van der Waals surface area contributed by atoms with Crippen molar-refractivity contribution in [3.63, 3.8) is 0 Å². The highest BCUT2D eigenvalue weighted by atomic mass is 35.5. The molecule has 0 spiro atoms. The van der Waals surface area contributed by atoms with Gasteiger partial charge in [-0.3, -0.25) is 0 Å². The lowest BCUT2D eigenvalue weighted by atomic mass is 10.1. The van der Waals surface area contributed by atoms with Crippen molar-refractivity contribution in [1.29, 1.82) is 0 Å². The lowest BCUT2D eigenvalue weighted by Gasteiger charge is -2.11. The normalized spacial score (nSPS) is 10.9. The molecule has 2 rings (SSSR count). The summed E-state index contributed by atoms with van der Waals surface area (Å²) in [6.45, 7) is 6.38. The standard InChI is InChI=1S/C14H15ClO3/c1-4-7-17-11-6-5-10-8(2)12(15)14(16)18-13(10)9(11)3/h5-6H,4,7H2,1-3H3. The van der Waals surface area contributed by atoms with E-state index in [9.17, 15) is 4.79 Å². The topological polar surface area (TPSA) is 39.4 Å². The quantitative estimate of drug-likeness (QED) is 0.792. The maximum atomic E-state index is 11.6. The molecule has 0 aliphatic carbocycles. The molecule has 0 saturated heterocycles. The molecule has 2 aromatic rings. The zero-order valence-electron chi connectivity index (χ0n) is 10.7. The SMILES string of the molecule is CCCOc1ccc2c(C)c(Cl)c(=O)oc2c1C. The molecule has 96 valence electrons. The summed E-state index contributed by atoms with van der Waals surface area (Å²) < 4.78 is 10.9. The number of aryl methyl sites for hydroxylation is 2. The lowest BCUT2D eigenvalue weighted by Crippen LogP contribution is -2.04. The molecule has 0 atom stereocenters. The van der Waals surface area contributed by atoms with E-state index < -0.39 is 5.63 Å². The fourth-order valence-corrected chi connectivity index (χ4v) is 2.02. The molecule has 0 unspecified atom stereocenters. The number of ether oxygens (including phenoxy) is 1. The Hall–Kier alpha value is -1.48. The van der Waals surface area contributed by atoms with Crippen LogP contribution in [0, 0.1) is 13.8 Å². The van der Waals surface area contributed by atoms with Gasteiger partial charge in [0.15, 0.2) is 0 Å². The smallest absolute Gasteiger partial charge is 0.355 e.